The number of carboxylic acid groups (broad SMARTS) is 1. The van der Waals surface area contributed by atoms with Crippen LogP contribution in [0.5, 0.6) is 0 Å². The van der Waals surface area contributed by atoms with Gasteiger partial charge in [0.1, 0.15) is 12.6 Å². The number of ether oxygens (including phenoxy) is 1. The molecule has 1 aromatic heterocycles. The number of carbonyl (C=O) groups is 3. The molecule has 0 aliphatic heterocycles. The van der Waals surface area contributed by atoms with Gasteiger partial charge in [0.05, 0.1) is 12.1 Å². The van der Waals surface area contributed by atoms with Gasteiger partial charge in [0.15, 0.2) is 0 Å². The first-order valence-electron chi connectivity index (χ1n) is 10.3. The van der Waals surface area contributed by atoms with Crippen LogP contribution >= 0.6 is 0 Å². The molecule has 1 atom stereocenters. The van der Waals surface area contributed by atoms with Crippen molar-refractivity contribution in [1.29, 1.82) is 0 Å². The highest BCUT2D eigenvalue weighted by atomic mass is 16.5. The third-order valence-corrected chi connectivity index (χ3v) is 5.38. The summed E-state index contributed by atoms with van der Waals surface area (Å²) in [6.07, 6.45) is -0.273. The Morgan fingerprint density at radius 1 is 0.970 bits per heavy atom. The Morgan fingerprint density at radius 3 is 2.18 bits per heavy atom. The van der Waals surface area contributed by atoms with Crippen molar-refractivity contribution in [3.63, 3.8) is 0 Å². The first-order chi connectivity index (χ1) is 15.9. The quantitative estimate of drug-likeness (QED) is 0.439. The SMILES string of the molecule is O=C(O)CC(NC(=O)OCC1c2ccccc2-c2ccccc21)C(=O)Nc1ccc(=O)[nH]c1. The number of H-pyrrole nitrogens is 1. The fourth-order valence-corrected chi connectivity index (χ4v) is 3.88. The number of anilines is 1. The normalized spacial score (nSPS) is 12.8. The molecule has 2 amide bonds. The van der Waals surface area contributed by atoms with E-state index >= 15 is 0 Å². The fourth-order valence-electron chi connectivity index (χ4n) is 3.88. The molecule has 0 fully saturated rings. The van der Waals surface area contributed by atoms with Gasteiger partial charge in [0.2, 0.25) is 11.5 Å². The summed E-state index contributed by atoms with van der Waals surface area (Å²) in [6.45, 7) is 0.0290. The van der Waals surface area contributed by atoms with Gasteiger partial charge in [-0.2, -0.15) is 0 Å². The second-order valence-corrected chi connectivity index (χ2v) is 7.55. The number of hydrogen-bond acceptors (Lipinski definition) is 5. The van der Waals surface area contributed by atoms with Crippen LogP contribution < -0.4 is 16.2 Å². The molecule has 33 heavy (non-hydrogen) atoms. The van der Waals surface area contributed by atoms with Crippen LogP contribution in [0.4, 0.5) is 10.5 Å². The van der Waals surface area contributed by atoms with Gasteiger partial charge in [-0.1, -0.05) is 48.5 Å². The van der Waals surface area contributed by atoms with Crippen molar-refractivity contribution in [2.75, 3.05) is 11.9 Å². The molecule has 3 aromatic rings. The molecule has 0 saturated heterocycles. The lowest BCUT2D eigenvalue weighted by Gasteiger charge is -2.18. The minimum Gasteiger partial charge on any atom is -0.481 e. The zero-order chi connectivity index (χ0) is 23.4. The number of carboxylic acids is 1. The number of rotatable bonds is 7. The summed E-state index contributed by atoms with van der Waals surface area (Å²) in [7, 11) is 0. The Kier molecular flexibility index (Phi) is 6.21. The molecule has 0 saturated carbocycles. The van der Waals surface area contributed by atoms with E-state index in [0.717, 1.165) is 22.3 Å². The molecule has 2 aromatic carbocycles. The second-order valence-electron chi connectivity index (χ2n) is 7.55. The summed E-state index contributed by atoms with van der Waals surface area (Å²) < 4.78 is 5.40. The molecule has 0 radical (unpaired) electrons. The van der Waals surface area contributed by atoms with E-state index in [4.69, 9.17) is 9.84 Å². The van der Waals surface area contributed by atoms with E-state index in [2.05, 4.69) is 15.6 Å². The molecule has 4 rings (SSSR count). The van der Waals surface area contributed by atoms with E-state index in [1.807, 2.05) is 48.5 Å². The van der Waals surface area contributed by atoms with Crippen LogP contribution in [-0.2, 0) is 14.3 Å². The van der Waals surface area contributed by atoms with Crippen LogP contribution in [0.3, 0.4) is 0 Å². The summed E-state index contributed by atoms with van der Waals surface area (Å²) in [6, 6.07) is 16.9. The van der Waals surface area contributed by atoms with Crippen molar-refractivity contribution in [2.45, 2.75) is 18.4 Å². The number of alkyl carbamates (subject to hydrolysis) is 1. The molecular formula is C24H21N3O6. The number of fused-ring (bicyclic) bond motifs is 3. The lowest BCUT2D eigenvalue weighted by atomic mass is 9.98. The minimum absolute atomic E-state index is 0.0290. The van der Waals surface area contributed by atoms with Gasteiger partial charge >= 0.3 is 12.1 Å². The average molecular weight is 447 g/mol. The van der Waals surface area contributed by atoms with Crippen molar-refractivity contribution < 1.29 is 24.2 Å². The Morgan fingerprint density at radius 2 is 1.61 bits per heavy atom. The van der Waals surface area contributed by atoms with Crippen molar-refractivity contribution in [2.24, 2.45) is 0 Å². The second kappa shape index (κ2) is 9.39. The number of aromatic nitrogens is 1. The van der Waals surface area contributed by atoms with Gasteiger partial charge in [-0.05, 0) is 28.3 Å². The predicted molar refractivity (Wildman–Crippen MR) is 120 cm³/mol. The smallest absolute Gasteiger partial charge is 0.407 e. The maximum absolute atomic E-state index is 12.5. The molecular weight excluding hydrogens is 426 g/mol. The first-order valence-corrected chi connectivity index (χ1v) is 10.3. The Balaban J connectivity index is 1.43. The highest BCUT2D eigenvalue weighted by Crippen LogP contribution is 2.44. The molecule has 9 nitrogen and oxygen atoms in total. The van der Waals surface area contributed by atoms with E-state index in [0.29, 0.717) is 0 Å². The maximum Gasteiger partial charge on any atom is 0.407 e. The van der Waals surface area contributed by atoms with Gasteiger partial charge < -0.3 is 25.5 Å². The number of amides is 2. The van der Waals surface area contributed by atoms with Gasteiger partial charge in [0, 0.05) is 18.2 Å². The van der Waals surface area contributed by atoms with Crippen molar-refractivity contribution in [1.82, 2.24) is 10.3 Å². The van der Waals surface area contributed by atoms with Crippen LogP contribution in [0, 0.1) is 0 Å². The Hall–Kier alpha value is -4.40. The van der Waals surface area contributed by atoms with E-state index in [1.165, 1.54) is 18.3 Å². The zero-order valence-electron chi connectivity index (χ0n) is 17.4. The van der Waals surface area contributed by atoms with Crippen molar-refractivity contribution in [3.8, 4) is 11.1 Å². The number of nitrogens with one attached hydrogen (secondary N) is 3. The number of aliphatic carboxylic acids is 1. The van der Waals surface area contributed by atoms with Crippen LogP contribution in [0.1, 0.15) is 23.5 Å². The topological polar surface area (TPSA) is 138 Å². The van der Waals surface area contributed by atoms with Crippen LogP contribution in [0.2, 0.25) is 0 Å². The molecule has 0 bridgehead atoms. The summed E-state index contributed by atoms with van der Waals surface area (Å²) in [4.78, 5) is 49.7. The molecule has 1 unspecified atom stereocenters. The van der Waals surface area contributed by atoms with Gasteiger partial charge in [-0.25, -0.2) is 4.79 Å². The minimum atomic E-state index is -1.37. The maximum atomic E-state index is 12.5. The molecule has 0 spiro atoms. The van der Waals surface area contributed by atoms with Gasteiger partial charge in [0.25, 0.3) is 0 Å². The number of carbonyl (C=O) groups excluding carboxylic acids is 2. The Labute approximate surface area is 188 Å². The summed E-state index contributed by atoms with van der Waals surface area (Å²) in [5, 5.41) is 13.9. The third kappa shape index (κ3) is 4.93. The third-order valence-electron chi connectivity index (χ3n) is 5.38. The lowest BCUT2D eigenvalue weighted by molar-refractivity contribution is -0.139. The van der Waals surface area contributed by atoms with E-state index < -0.39 is 30.4 Å². The largest absolute Gasteiger partial charge is 0.481 e. The summed E-state index contributed by atoms with van der Waals surface area (Å²) >= 11 is 0. The molecule has 168 valence electrons. The van der Waals surface area contributed by atoms with E-state index in [-0.39, 0.29) is 23.8 Å². The lowest BCUT2D eigenvalue weighted by Crippen LogP contribution is -2.45. The number of benzene rings is 2. The zero-order valence-corrected chi connectivity index (χ0v) is 17.4. The van der Waals surface area contributed by atoms with Crippen molar-refractivity contribution >= 4 is 23.7 Å². The predicted octanol–water partition coefficient (Wildman–Crippen LogP) is 2.70. The standard InChI is InChI=1S/C24H21N3O6/c28-21-10-9-14(12-25-21)26-23(31)20(11-22(29)30)27-24(32)33-13-19-17-7-3-1-5-15(17)16-6-2-4-8-18(16)19/h1-10,12,19-20H,11,13H2,(H,25,28)(H,26,31)(H,27,32)(H,29,30). The van der Waals surface area contributed by atoms with E-state index in [1.54, 1.807) is 0 Å². The van der Waals surface area contributed by atoms with Crippen molar-refractivity contribution in [3.05, 3.63) is 88.3 Å². The molecule has 1 aliphatic carbocycles. The van der Waals surface area contributed by atoms with Gasteiger partial charge in [-0.3, -0.25) is 14.4 Å². The molecule has 1 aliphatic rings. The van der Waals surface area contributed by atoms with Gasteiger partial charge in [-0.15, -0.1) is 0 Å². The molecule has 4 N–H and O–H groups in total. The summed E-state index contributed by atoms with van der Waals surface area (Å²) in [5.74, 6) is -2.19. The highest BCUT2D eigenvalue weighted by molar-refractivity contribution is 5.98. The van der Waals surface area contributed by atoms with Crippen LogP contribution in [0.25, 0.3) is 11.1 Å². The highest BCUT2D eigenvalue weighted by Gasteiger charge is 2.30. The number of pyridine rings is 1. The average Bonchev–Trinajstić information content (AvgIpc) is 3.12. The first kappa shape index (κ1) is 21.8. The van der Waals surface area contributed by atoms with Crippen LogP contribution in [0.15, 0.2) is 71.7 Å². The number of aromatic amines is 1. The Bertz CT molecular complexity index is 1200. The fraction of sp³-hybridized carbons (Fsp3) is 0.167. The van der Waals surface area contributed by atoms with Crippen LogP contribution in [-0.4, -0.2) is 40.7 Å². The molecule has 9 heteroatoms. The monoisotopic (exact) mass is 447 g/mol. The molecule has 1 heterocycles. The van der Waals surface area contributed by atoms with E-state index in [9.17, 15) is 19.2 Å². The number of hydrogen-bond donors (Lipinski definition) is 4. The summed E-state index contributed by atoms with van der Waals surface area (Å²) in [5.41, 5.74) is 4.11.